The third-order valence-electron chi connectivity index (χ3n) is 1.22. The van der Waals surface area contributed by atoms with Gasteiger partial charge in [-0.05, 0) is 0 Å². The number of aromatic amines is 1. The van der Waals surface area contributed by atoms with E-state index in [1.54, 1.807) is 0 Å². The molecule has 1 unspecified atom stereocenters. The number of rotatable bonds is 3. The minimum absolute atomic E-state index is 0.225. The zero-order valence-corrected chi connectivity index (χ0v) is 5.69. The Hall–Kier alpha value is -1.43. The van der Waals surface area contributed by atoms with Gasteiger partial charge in [-0.3, -0.25) is 9.89 Å². The van der Waals surface area contributed by atoms with E-state index in [1.165, 1.54) is 6.20 Å². The number of carboxylic acid groups (broad SMARTS) is 1. The Morgan fingerprint density at radius 2 is 2.64 bits per heavy atom. The van der Waals surface area contributed by atoms with Gasteiger partial charge in [0.25, 0.3) is 0 Å². The van der Waals surface area contributed by atoms with E-state index in [0.29, 0.717) is 5.69 Å². The molecule has 6 heteroatoms. The summed E-state index contributed by atoms with van der Waals surface area (Å²) in [7, 11) is 0. The first-order valence-electron chi connectivity index (χ1n) is 3.03. The summed E-state index contributed by atoms with van der Waals surface area (Å²) in [4.78, 5) is 10.2. The van der Waals surface area contributed by atoms with Crippen molar-refractivity contribution in [1.29, 1.82) is 0 Å². The topological polar surface area (TPSA) is 105 Å². The molecular weight excluding hydrogens is 148 g/mol. The molecule has 1 rings (SSSR count). The second kappa shape index (κ2) is 3.11. The number of hydrogen-bond acceptors (Lipinski definition) is 4. The highest BCUT2D eigenvalue weighted by Crippen LogP contribution is 1.93. The number of H-pyrrole nitrogens is 1. The Morgan fingerprint density at radius 1 is 1.91 bits per heavy atom. The fraction of sp³-hybridized carbons (Fsp3) is 0.400. The van der Waals surface area contributed by atoms with E-state index in [4.69, 9.17) is 10.8 Å². The highest BCUT2D eigenvalue weighted by molar-refractivity contribution is 5.73. The number of carbonyl (C=O) groups is 1. The van der Waals surface area contributed by atoms with E-state index in [-0.39, 0.29) is 6.42 Å². The normalized spacial score (nSPS) is 12.8. The van der Waals surface area contributed by atoms with Crippen molar-refractivity contribution in [1.82, 2.24) is 15.4 Å². The van der Waals surface area contributed by atoms with Gasteiger partial charge in [0, 0.05) is 6.42 Å². The molecule has 0 saturated heterocycles. The zero-order chi connectivity index (χ0) is 8.27. The van der Waals surface area contributed by atoms with Crippen LogP contribution in [0.25, 0.3) is 0 Å². The smallest absolute Gasteiger partial charge is 0.320 e. The first-order valence-corrected chi connectivity index (χ1v) is 3.03. The zero-order valence-electron chi connectivity index (χ0n) is 5.69. The third kappa shape index (κ3) is 2.01. The number of aromatic nitrogens is 3. The standard InChI is InChI=1S/C5H8N4O2/c6-4(5(10)11)1-3-2-7-9-8-3/h2,4H,1,6H2,(H,10,11)(H,7,8,9). The predicted molar refractivity (Wildman–Crippen MR) is 35.7 cm³/mol. The van der Waals surface area contributed by atoms with Crippen molar-refractivity contribution in [3.63, 3.8) is 0 Å². The maximum absolute atomic E-state index is 10.2. The minimum atomic E-state index is -1.03. The van der Waals surface area contributed by atoms with Crippen molar-refractivity contribution in [2.24, 2.45) is 5.73 Å². The lowest BCUT2D eigenvalue weighted by Gasteiger charge is -2.01. The summed E-state index contributed by atoms with van der Waals surface area (Å²) >= 11 is 0. The molecule has 0 aliphatic heterocycles. The lowest BCUT2D eigenvalue weighted by molar-refractivity contribution is -0.138. The van der Waals surface area contributed by atoms with Crippen molar-refractivity contribution >= 4 is 5.97 Å². The number of aliphatic carboxylic acids is 1. The molecule has 0 saturated carbocycles. The highest BCUT2D eigenvalue weighted by atomic mass is 16.4. The molecule has 1 atom stereocenters. The van der Waals surface area contributed by atoms with Crippen LogP contribution in [-0.4, -0.2) is 32.5 Å². The lowest BCUT2D eigenvalue weighted by Crippen LogP contribution is -2.32. The molecule has 0 aliphatic carbocycles. The van der Waals surface area contributed by atoms with Gasteiger partial charge in [0.05, 0.1) is 11.9 Å². The minimum Gasteiger partial charge on any atom is -0.480 e. The van der Waals surface area contributed by atoms with Crippen LogP contribution in [0.5, 0.6) is 0 Å². The van der Waals surface area contributed by atoms with Crippen LogP contribution in [0.3, 0.4) is 0 Å². The molecule has 0 aromatic carbocycles. The molecule has 1 aromatic heterocycles. The Kier molecular flexibility index (Phi) is 2.17. The van der Waals surface area contributed by atoms with E-state index < -0.39 is 12.0 Å². The van der Waals surface area contributed by atoms with Gasteiger partial charge in [-0.1, -0.05) is 5.21 Å². The van der Waals surface area contributed by atoms with E-state index in [0.717, 1.165) is 0 Å². The summed E-state index contributed by atoms with van der Waals surface area (Å²) in [5.74, 6) is -1.03. The Balaban J connectivity index is 2.50. The maximum Gasteiger partial charge on any atom is 0.320 e. The van der Waals surface area contributed by atoms with Crippen molar-refractivity contribution in [2.75, 3.05) is 0 Å². The van der Waals surface area contributed by atoms with Crippen LogP contribution in [0.2, 0.25) is 0 Å². The molecule has 11 heavy (non-hydrogen) atoms. The van der Waals surface area contributed by atoms with E-state index in [1.807, 2.05) is 0 Å². The summed E-state index contributed by atoms with van der Waals surface area (Å²) in [6.07, 6.45) is 1.67. The molecule has 1 heterocycles. The molecular formula is C5H8N4O2. The predicted octanol–water partition coefficient (Wildman–Crippen LogP) is -1.24. The van der Waals surface area contributed by atoms with E-state index in [9.17, 15) is 4.79 Å². The van der Waals surface area contributed by atoms with Crippen molar-refractivity contribution < 1.29 is 9.90 Å². The number of nitrogens with two attached hydrogens (primary N) is 1. The van der Waals surface area contributed by atoms with Crippen LogP contribution in [0.1, 0.15) is 5.69 Å². The number of nitrogens with zero attached hydrogens (tertiary/aromatic N) is 2. The molecule has 0 aliphatic rings. The highest BCUT2D eigenvalue weighted by Gasteiger charge is 2.12. The van der Waals surface area contributed by atoms with Gasteiger partial charge in [-0.2, -0.15) is 0 Å². The van der Waals surface area contributed by atoms with Crippen LogP contribution in [0.15, 0.2) is 6.20 Å². The average Bonchev–Trinajstić information content (AvgIpc) is 2.39. The Bertz CT molecular complexity index is 233. The van der Waals surface area contributed by atoms with E-state index in [2.05, 4.69) is 15.4 Å². The average molecular weight is 156 g/mol. The summed E-state index contributed by atoms with van der Waals surface area (Å²) in [6, 6.07) is -0.891. The number of nitrogens with one attached hydrogen (secondary N) is 1. The molecule has 60 valence electrons. The molecule has 1 aromatic rings. The molecule has 0 spiro atoms. The summed E-state index contributed by atoms with van der Waals surface area (Å²) < 4.78 is 0. The van der Waals surface area contributed by atoms with Crippen LogP contribution < -0.4 is 5.73 Å². The SMILES string of the molecule is NC(Cc1cnn[nH]1)C(=O)O. The van der Waals surface area contributed by atoms with Crippen molar-refractivity contribution in [3.05, 3.63) is 11.9 Å². The van der Waals surface area contributed by atoms with E-state index >= 15 is 0 Å². The van der Waals surface area contributed by atoms with Crippen molar-refractivity contribution in [3.8, 4) is 0 Å². The second-order valence-electron chi connectivity index (χ2n) is 2.13. The number of carboxylic acids is 1. The summed E-state index contributed by atoms with van der Waals surface area (Å²) in [5.41, 5.74) is 5.86. The molecule has 0 radical (unpaired) electrons. The summed E-state index contributed by atoms with van der Waals surface area (Å²) in [5, 5.41) is 17.8. The van der Waals surface area contributed by atoms with Gasteiger partial charge in [-0.15, -0.1) is 5.10 Å². The molecule has 4 N–H and O–H groups in total. The maximum atomic E-state index is 10.2. The molecule has 0 amide bonds. The van der Waals surface area contributed by atoms with Gasteiger partial charge < -0.3 is 10.8 Å². The Morgan fingerprint density at radius 3 is 3.09 bits per heavy atom. The fourth-order valence-corrected chi connectivity index (χ4v) is 0.643. The lowest BCUT2D eigenvalue weighted by atomic mass is 10.2. The fourth-order valence-electron chi connectivity index (χ4n) is 0.643. The molecule has 0 fully saturated rings. The largest absolute Gasteiger partial charge is 0.480 e. The van der Waals surface area contributed by atoms with Crippen LogP contribution in [0.4, 0.5) is 0 Å². The second-order valence-corrected chi connectivity index (χ2v) is 2.13. The Labute approximate surface area is 62.4 Å². The van der Waals surface area contributed by atoms with Crippen LogP contribution >= 0.6 is 0 Å². The van der Waals surface area contributed by atoms with Gasteiger partial charge in [0.2, 0.25) is 0 Å². The first kappa shape index (κ1) is 7.67. The quantitative estimate of drug-likeness (QED) is 0.507. The van der Waals surface area contributed by atoms with Gasteiger partial charge in [0.1, 0.15) is 6.04 Å². The number of hydrogen-bond donors (Lipinski definition) is 3. The third-order valence-corrected chi connectivity index (χ3v) is 1.22. The molecule has 6 nitrogen and oxygen atoms in total. The van der Waals surface area contributed by atoms with Crippen LogP contribution in [0, 0.1) is 0 Å². The van der Waals surface area contributed by atoms with Gasteiger partial charge >= 0.3 is 5.97 Å². The molecule has 0 bridgehead atoms. The van der Waals surface area contributed by atoms with Crippen LogP contribution in [-0.2, 0) is 11.2 Å². The van der Waals surface area contributed by atoms with Crippen molar-refractivity contribution in [2.45, 2.75) is 12.5 Å². The van der Waals surface area contributed by atoms with Gasteiger partial charge in [0.15, 0.2) is 0 Å². The first-order chi connectivity index (χ1) is 5.20. The monoisotopic (exact) mass is 156 g/mol. The summed E-state index contributed by atoms with van der Waals surface area (Å²) in [6.45, 7) is 0. The van der Waals surface area contributed by atoms with Gasteiger partial charge in [-0.25, -0.2) is 0 Å².